The first-order valence-electron chi connectivity index (χ1n) is 5.13. The molecule has 1 aliphatic heterocycles. The largest absolute Gasteiger partial charge is 0.362 e. The lowest BCUT2D eigenvalue weighted by Crippen LogP contribution is -2.22. The number of hydrogen-bond donors (Lipinski definition) is 1. The predicted molar refractivity (Wildman–Crippen MR) is 65.9 cm³/mol. The molecule has 0 saturated carbocycles. The molecule has 1 atom stereocenters. The highest BCUT2D eigenvalue weighted by molar-refractivity contribution is 7.94. The van der Waals surface area contributed by atoms with Crippen LogP contribution in [0, 0.1) is 21.4 Å². The van der Waals surface area contributed by atoms with Gasteiger partial charge in [0.25, 0.3) is 5.69 Å². The van der Waals surface area contributed by atoms with Gasteiger partial charge in [0.05, 0.1) is 16.7 Å². The van der Waals surface area contributed by atoms with Gasteiger partial charge in [-0.1, -0.05) is 0 Å². The summed E-state index contributed by atoms with van der Waals surface area (Å²) >= 11 is 0. The van der Waals surface area contributed by atoms with Crippen molar-refractivity contribution in [3.8, 4) is 6.07 Å². The number of nitrogens with zero attached hydrogens (tertiary/aromatic N) is 3. The van der Waals surface area contributed by atoms with E-state index in [0.29, 0.717) is 0 Å². The summed E-state index contributed by atoms with van der Waals surface area (Å²) in [5, 5.41) is 23.3. The quantitative estimate of drug-likeness (QED) is 0.634. The number of nitrogens with one attached hydrogen (secondary N) is 1. The molecule has 0 aliphatic carbocycles. The number of sulfone groups is 1. The lowest BCUT2D eigenvalue weighted by atomic mass is 10.2. The third kappa shape index (κ3) is 2.86. The van der Waals surface area contributed by atoms with Gasteiger partial charge in [-0.05, 0) is 6.08 Å². The van der Waals surface area contributed by atoms with E-state index in [1.807, 2.05) is 0 Å². The van der Waals surface area contributed by atoms with Crippen LogP contribution in [0.15, 0.2) is 23.7 Å². The maximum atomic E-state index is 11.2. The fourth-order valence-corrected chi connectivity index (χ4v) is 2.83. The molecule has 2 rings (SSSR count). The highest BCUT2D eigenvalue weighted by atomic mass is 32.2. The van der Waals surface area contributed by atoms with Crippen molar-refractivity contribution in [3.05, 3.63) is 39.4 Å². The summed E-state index contributed by atoms with van der Waals surface area (Å²) < 4.78 is 22.5. The smallest absolute Gasteiger partial charge is 0.289 e. The monoisotopic (exact) mass is 280 g/mol. The van der Waals surface area contributed by atoms with Crippen molar-refractivity contribution in [2.75, 3.05) is 11.1 Å². The van der Waals surface area contributed by atoms with Crippen molar-refractivity contribution >= 4 is 21.3 Å². The molecule has 1 aromatic heterocycles. The first kappa shape index (κ1) is 13.0. The van der Waals surface area contributed by atoms with Crippen molar-refractivity contribution in [1.82, 2.24) is 4.98 Å². The van der Waals surface area contributed by atoms with Gasteiger partial charge in [0.1, 0.15) is 23.6 Å². The van der Waals surface area contributed by atoms with Crippen molar-refractivity contribution in [3.63, 3.8) is 0 Å². The van der Waals surface area contributed by atoms with Gasteiger partial charge >= 0.3 is 0 Å². The maximum absolute atomic E-state index is 11.2. The van der Waals surface area contributed by atoms with E-state index >= 15 is 0 Å². The van der Waals surface area contributed by atoms with Crippen molar-refractivity contribution in [2.45, 2.75) is 6.04 Å². The molecule has 0 bridgehead atoms. The predicted octanol–water partition coefficient (Wildman–Crippen LogP) is 0.584. The van der Waals surface area contributed by atoms with Crippen molar-refractivity contribution < 1.29 is 13.3 Å². The standard InChI is InChI=1S/C10H8N4O4S/c11-4-7-3-9(14(15)16)5-12-10(7)13-8-1-2-19(17,18)6-8/h1-3,5,8H,6H2,(H,12,13). The second-order valence-corrected chi connectivity index (χ2v) is 5.80. The molecule has 9 heteroatoms. The summed E-state index contributed by atoms with van der Waals surface area (Å²) in [5.41, 5.74) is -0.302. The summed E-state index contributed by atoms with van der Waals surface area (Å²) in [6.45, 7) is 0. The molecule has 1 N–H and O–H groups in total. The zero-order valence-corrected chi connectivity index (χ0v) is 10.3. The SMILES string of the molecule is N#Cc1cc([N+](=O)[O-])cnc1NC1C=CS(=O)(=O)C1. The topological polar surface area (TPSA) is 126 Å². The Bertz CT molecular complexity index is 705. The molecule has 0 spiro atoms. The van der Waals surface area contributed by atoms with Crippen LogP contribution < -0.4 is 5.32 Å². The van der Waals surface area contributed by atoms with Gasteiger partial charge in [-0.3, -0.25) is 10.1 Å². The number of nitriles is 1. The minimum Gasteiger partial charge on any atom is -0.362 e. The first-order chi connectivity index (χ1) is 8.91. The summed E-state index contributed by atoms with van der Waals surface area (Å²) in [7, 11) is -3.22. The molecule has 0 amide bonds. The minimum atomic E-state index is -3.22. The normalized spacial score (nSPS) is 19.8. The molecule has 0 fully saturated rings. The average Bonchev–Trinajstić information content (AvgIpc) is 2.69. The van der Waals surface area contributed by atoms with E-state index in [1.54, 1.807) is 6.07 Å². The molecule has 0 saturated heterocycles. The molecular weight excluding hydrogens is 272 g/mol. The fraction of sp³-hybridized carbons (Fsp3) is 0.200. The number of aromatic nitrogens is 1. The Balaban J connectivity index is 2.25. The van der Waals surface area contributed by atoms with Crippen LogP contribution in [0.25, 0.3) is 0 Å². The zero-order chi connectivity index (χ0) is 14.0. The molecule has 1 unspecified atom stereocenters. The van der Waals surface area contributed by atoms with E-state index in [0.717, 1.165) is 17.7 Å². The Kier molecular flexibility index (Phi) is 3.18. The van der Waals surface area contributed by atoms with Gasteiger partial charge in [0, 0.05) is 11.5 Å². The Hall–Kier alpha value is -2.47. The molecule has 2 heterocycles. The molecular formula is C10H8N4O4S. The molecule has 19 heavy (non-hydrogen) atoms. The molecule has 8 nitrogen and oxygen atoms in total. The number of pyridine rings is 1. The lowest BCUT2D eigenvalue weighted by Gasteiger charge is -2.11. The van der Waals surface area contributed by atoms with Gasteiger partial charge < -0.3 is 5.32 Å². The first-order valence-corrected chi connectivity index (χ1v) is 6.85. The molecule has 0 radical (unpaired) electrons. The number of nitro groups is 1. The maximum Gasteiger partial charge on any atom is 0.289 e. The van der Waals surface area contributed by atoms with E-state index < -0.39 is 20.8 Å². The van der Waals surface area contributed by atoms with E-state index in [4.69, 9.17) is 5.26 Å². The van der Waals surface area contributed by atoms with E-state index in [-0.39, 0.29) is 22.8 Å². The van der Waals surface area contributed by atoms with Gasteiger partial charge in [0.2, 0.25) is 0 Å². The number of anilines is 1. The summed E-state index contributed by atoms with van der Waals surface area (Å²) in [4.78, 5) is 13.7. The summed E-state index contributed by atoms with van der Waals surface area (Å²) in [5.74, 6) is -0.00358. The van der Waals surface area contributed by atoms with Crippen molar-refractivity contribution in [2.24, 2.45) is 0 Å². The van der Waals surface area contributed by atoms with Gasteiger partial charge in [-0.25, -0.2) is 13.4 Å². The minimum absolute atomic E-state index is 0.00750. The van der Waals surface area contributed by atoms with Crippen LogP contribution in [0.1, 0.15) is 5.56 Å². The number of rotatable bonds is 3. The summed E-state index contributed by atoms with van der Waals surface area (Å²) in [6, 6.07) is 2.37. The summed E-state index contributed by atoms with van der Waals surface area (Å²) in [6.07, 6.45) is 2.45. The highest BCUT2D eigenvalue weighted by Crippen LogP contribution is 2.20. The second kappa shape index (κ2) is 4.66. The third-order valence-corrected chi connectivity index (χ3v) is 3.85. The average molecular weight is 280 g/mol. The Morgan fingerprint density at radius 3 is 2.84 bits per heavy atom. The lowest BCUT2D eigenvalue weighted by molar-refractivity contribution is -0.385. The van der Waals surface area contributed by atoms with Crippen LogP contribution >= 0.6 is 0 Å². The van der Waals surface area contributed by atoms with E-state index in [1.165, 1.54) is 6.08 Å². The van der Waals surface area contributed by atoms with Crippen LogP contribution in [0.5, 0.6) is 0 Å². The Labute approximate surface area is 108 Å². The van der Waals surface area contributed by atoms with Crippen LogP contribution in [-0.4, -0.2) is 30.1 Å². The highest BCUT2D eigenvalue weighted by Gasteiger charge is 2.23. The van der Waals surface area contributed by atoms with Crippen LogP contribution in [0.2, 0.25) is 0 Å². The second-order valence-electron chi connectivity index (χ2n) is 3.87. The molecule has 98 valence electrons. The Morgan fingerprint density at radius 2 is 2.32 bits per heavy atom. The fourth-order valence-electron chi connectivity index (χ4n) is 1.60. The Morgan fingerprint density at radius 1 is 1.58 bits per heavy atom. The molecule has 0 aromatic carbocycles. The van der Waals surface area contributed by atoms with Gasteiger partial charge in [0.15, 0.2) is 9.84 Å². The van der Waals surface area contributed by atoms with Crippen LogP contribution in [0.4, 0.5) is 11.5 Å². The molecule has 1 aromatic rings. The van der Waals surface area contributed by atoms with Gasteiger partial charge in [-0.15, -0.1) is 0 Å². The van der Waals surface area contributed by atoms with Crippen LogP contribution in [-0.2, 0) is 9.84 Å². The van der Waals surface area contributed by atoms with Crippen molar-refractivity contribution in [1.29, 1.82) is 5.26 Å². The van der Waals surface area contributed by atoms with E-state index in [9.17, 15) is 18.5 Å². The third-order valence-electron chi connectivity index (χ3n) is 2.46. The van der Waals surface area contributed by atoms with Crippen LogP contribution in [0.3, 0.4) is 0 Å². The van der Waals surface area contributed by atoms with E-state index in [2.05, 4.69) is 10.3 Å². The number of hydrogen-bond acceptors (Lipinski definition) is 7. The zero-order valence-electron chi connectivity index (χ0n) is 9.48. The van der Waals surface area contributed by atoms with Gasteiger partial charge in [-0.2, -0.15) is 5.26 Å². The molecule has 1 aliphatic rings.